The van der Waals surface area contributed by atoms with Gasteiger partial charge in [-0.1, -0.05) is 51.1 Å². The monoisotopic (exact) mass is 431 g/mol. The standard InChI is InChI=1S/C26H29N3O3/c1-25(2,3)22(30)21-18-17(23(31)29(24(18)32)26(4,5)6)16-12-11-15-10-9-14-8-7-13-27-19(14)20(15)28(16)21/h7-13,16-18,21H,1-6H3/t16-,17-,18-,21+/m1/s1. The molecule has 1 aromatic heterocycles. The molecular formula is C26H29N3O3. The van der Waals surface area contributed by atoms with Crippen molar-refractivity contribution >= 4 is 40.3 Å². The van der Waals surface area contributed by atoms with E-state index in [4.69, 9.17) is 0 Å². The van der Waals surface area contributed by atoms with E-state index >= 15 is 0 Å². The van der Waals surface area contributed by atoms with Crippen molar-refractivity contribution in [3.63, 3.8) is 0 Å². The normalized spacial score (nSPS) is 27.1. The van der Waals surface area contributed by atoms with E-state index in [-0.39, 0.29) is 23.6 Å². The van der Waals surface area contributed by atoms with Crippen LogP contribution < -0.4 is 4.90 Å². The molecule has 2 saturated heterocycles. The molecule has 4 heterocycles. The maximum absolute atomic E-state index is 13.9. The SMILES string of the molecule is CC(C)(C)C(=O)[C@@H]1[C@@H]2C(=O)N(C(C)(C)C)C(=O)[C@@H]2[C@H]2C=Cc3ccc4cccnc4c3N21. The average molecular weight is 432 g/mol. The van der Waals surface area contributed by atoms with Crippen molar-refractivity contribution in [1.29, 1.82) is 0 Å². The van der Waals surface area contributed by atoms with Gasteiger partial charge in [0.15, 0.2) is 5.78 Å². The Morgan fingerprint density at radius 2 is 1.66 bits per heavy atom. The summed E-state index contributed by atoms with van der Waals surface area (Å²) in [6, 6.07) is 6.83. The molecule has 0 spiro atoms. The number of fused-ring (bicyclic) bond motifs is 7. The number of hydrogen-bond acceptors (Lipinski definition) is 5. The van der Waals surface area contributed by atoms with E-state index in [2.05, 4.69) is 4.98 Å². The number of ketones is 1. The summed E-state index contributed by atoms with van der Waals surface area (Å²) in [6.07, 6.45) is 5.73. The molecule has 5 rings (SSSR count). The van der Waals surface area contributed by atoms with Gasteiger partial charge in [-0.05, 0) is 32.4 Å². The van der Waals surface area contributed by atoms with Crippen LogP contribution >= 0.6 is 0 Å². The zero-order valence-corrected chi connectivity index (χ0v) is 19.4. The fourth-order valence-corrected chi connectivity index (χ4v) is 5.58. The van der Waals surface area contributed by atoms with E-state index in [0.717, 1.165) is 22.2 Å². The number of anilines is 1. The van der Waals surface area contributed by atoms with Gasteiger partial charge in [-0.25, -0.2) is 0 Å². The molecule has 3 aliphatic heterocycles. The second-order valence-electron chi connectivity index (χ2n) is 11.1. The fraction of sp³-hybridized carbons (Fsp3) is 0.462. The Hall–Kier alpha value is -3.02. The number of amides is 2. The molecule has 2 aromatic rings. The predicted molar refractivity (Wildman–Crippen MR) is 124 cm³/mol. The van der Waals surface area contributed by atoms with Crippen LogP contribution in [0.1, 0.15) is 47.1 Å². The lowest BCUT2D eigenvalue weighted by Gasteiger charge is -2.40. The number of hydrogen-bond donors (Lipinski definition) is 0. The number of likely N-dealkylation sites (tertiary alicyclic amines) is 1. The van der Waals surface area contributed by atoms with Crippen LogP contribution in [-0.2, 0) is 14.4 Å². The van der Waals surface area contributed by atoms with Crippen LogP contribution in [0.2, 0.25) is 0 Å². The van der Waals surface area contributed by atoms with Gasteiger partial charge >= 0.3 is 0 Å². The molecule has 0 N–H and O–H groups in total. The van der Waals surface area contributed by atoms with Gasteiger partial charge < -0.3 is 4.90 Å². The van der Waals surface area contributed by atoms with E-state index in [1.807, 2.05) is 82.9 Å². The number of imide groups is 1. The summed E-state index contributed by atoms with van der Waals surface area (Å²) >= 11 is 0. The summed E-state index contributed by atoms with van der Waals surface area (Å²) < 4.78 is 0. The molecule has 0 saturated carbocycles. The third kappa shape index (κ3) is 2.71. The van der Waals surface area contributed by atoms with Gasteiger partial charge in [0.2, 0.25) is 11.8 Å². The Labute approximate surface area is 188 Å². The summed E-state index contributed by atoms with van der Waals surface area (Å²) in [4.78, 5) is 49.2. The maximum Gasteiger partial charge on any atom is 0.236 e. The van der Waals surface area contributed by atoms with Crippen molar-refractivity contribution in [2.24, 2.45) is 17.3 Å². The average Bonchev–Trinajstić information content (AvgIpc) is 3.18. The number of benzene rings is 1. The smallest absolute Gasteiger partial charge is 0.236 e. The summed E-state index contributed by atoms with van der Waals surface area (Å²) in [6.45, 7) is 11.2. The van der Waals surface area contributed by atoms with E-state index in [9.17, 15) is 14.4 Å². The summed E-state index contributed by atoms with van der Waals surface area (Å²) in [5, 5.41) is 0.966. The van der Waals surface area contributed by atoms with E-state index in [1.54, 1.807) is 6.20 Å². The molecule has 6 nitrogen and oxygen atoms in total. The van der Waals surface area contributed by atoms with Crippen LogP contribution in [0.3, 0.4) is 0 Å². The molecule has 0 aliphatic carbocycles. The molecule has 2 amide bonds. The number of nitrogens with zero attached hydrogens (tertiary/aromatic N) is 3. The Morgan fingerprint density at radius 3 is 2.31 bits per heavy atom. The van der Waals surface area contributed by atoms with Gasteiger partial charge in [0, 0.05) is 22.5 Å². The highest BCUT2D eigenvalue weighted by Crippen LogP contribution is 2.52. The lowest BCUT2D eigenvalue weighted by molar-refractivity contribution is -0.146. The zero-order valence-electron chi connectivity index (χ0n) is 19.4. The van der Waals surface area contributed by atoms with Crippen molar-refractivity contribution in [3.05, 3.63) is 42.1 Å². The lowest BCUT2D eigenvalue weighted by atomic mass is 9.79. The topological polar surface area (TPSA) is 70.6 Å². The number of aromatic nitrogens is 1. The molecule has 32 heavy (non-hydrogen) atoms. The predicted octanol–water partition coefficient (Wildman–Crippen LogP) is 3.83. The van der Waals surface area contributed by atoms with Crippen LogP contribution in [0.5, 0.6) is 0 Å². The Balaban J connectivity index is 1.76. The van der Waals surface area contributed by atoms with Crippen LogP contribution in [0.4, 0.5) is 5.69 Å². The molecule has 2 fully saturated rings. The van der Waals surface area contributed by atoms with Gasteiger partial charge in [-0.15, -0.1) is 0 Å². The van der Waals surface area contributed by atoms with Crippen molar-refractivity contribution in [2.75, 3.05) is 4.90 Å². The van der Waals surface area contributed by atoms with Crippen molar-refractivity contribution in [3.8, 4) is 0 Å². The summed E-state index contributed by atoms with van der Waals surface area (Å²) in [7, 11) is 0. The number of carbonyl (C=O) groups excluding carboxylic acids is 3. The molecule has 1 aromatic carbocycles. The highest BCUT2D eigenvalue weighted by Gasteiger charge is 2.66. The highest BCUT2D eigenvalue weighted by molar-refractivity contribution is 6.13. The Kier molecular flexibility index (Phi) is 4.24. The molecular weight excluding hydrogens is 402 g/mol. The van der Waals surface area contributed by atoms with Crippen LogP contribution in [0.25, 0.3) is 17.0 Å². The second-order valence-corrected chi connectivity index (χ2v) is 11.1. The molecule has 4 atom stereocenters. The number of rotatable bonds is 1. The lowest BCUT2D eigenvalue weighted by Crippen LogP contribution is -2.54. The van der Waals surface area contributed by atoms with Crippen molar-refractivity contribution in [1.82, 2.24) is 9.88 Å². The Morgan fingerprint density at radius 1 is 0.969 bits per heavy atom. The summed E-state index contributed by atoms with van der Waals surface area (Å²) in [5.74, 6) is -1.74. The first-order chi connectivity index (χ1) is 14.9. The zero-order chi connectivity index (χ0) is 23.2. The first-order valence-electron chi connectivity index (χ1n) is 11.2. The number of Topliss-reactive ketones (excluding diaryl/α,β-unsaturated/α-hetero) is 1. The quantitative estimate of drug-likeness (QED) is 0.642. The van der Waals surface area contributed by atoms with Gasteiger partial charge in [-0.2, -0.15) is 0 Å². The minimum absolute atomic E-state index is 0.0268. The largest absolute Gasteiger partial charge is 0.351 e. The number of pyridine rings is 1. The third-order valence-corrected chi connectivity index (χ3v) is 6.92. The maximum atomic E-state index is 13.9. The minimum Gasteiger partial charge on any atom is -0.351 e. The minimum atomic E-state index is -0.717. The first kappa shape index (κ1) is 20.9. The fourth-order valence-electron chi connectivity index (χ4n) is 5.58. The molecule has 0 bridgehead atoms. The third-order valence-electron chi connectivity index (χ3n) is 6.92. The van der Waals surface area contributed by atoms with Gasteiger partial charge in [0.25, 0.3) is 0 Å². The van der Waals surface area contributed by atoms with Crippen LogP contribution in [-0.4, -0.2) is 45.1 Å². The highest BCUT2D eigenvalue weighted by atomic mass is 16.2. The molecule has 0 unspecified atom stereocenters. The van der Waals surface area contributed by atoms with Gasteiger partial charge in [0.05, 0.1) is 29.1 Å². The van der Waals surface area contributed by atoms with Crippen LogP contribution in [0.15, 0.2) is 36.5 Å². The second kappa shape index (κ2) is 6.50. The van der Waals surface area contributed by atoms with E-state index < -0.39 is 28.8 Å². The van der Waals surface area contributed by atoms with Crippen molar-refractivity contribution in [2.45, 2.75) is 59.2 Å². The van der Waals surface area contributed by atoms with Gasteiger partial charge in [0.1, 0.15) is 6.04 Å². The van der Waals surface area contributed by atoms with Gasteiger partial charge in [-0.3, -0.25) is 24.3 Å². The van der Waals surface area contributed by atoms with Crippen LogP contribution in [0, 0.1) is 17.3 Å². The number of carbonyl (C=O) groups is 3. The van der Waals surface area contributed by atoms with E-state index in [0.29, 0.717) is 0 Å². The molecule has 6 heteroatoms. The molecule has 166 valence electrons. The van der Waals surface area contributed by atoms with Crippen molar-refractivity contribution < 1.29 is 14.4 Å². The molecule has 3 aliphatic rings. The summed E-state index contributed by atoms with van der Waals surface area (Å²) in [5.41, 5.74) is 1.28. The molecule has 0 radical (unpaired) electrons. The Bertz CT molecular complexity index is 1200. The van der Waals surface area contributed by atoms with E-state index in [1.165, 1.54) is 4.90 Å². The first-order valence-corrected chi connectivity index (χ1v) is 11.2.